The number of hydrogen-bond acceptors (Lipinski definition) is 9. The minimum Gasteiger partial charge on any atom is -0.508 e. The molecule has 0 saturated carbocycles. The summed E-state index contributed by atoms with van der Waals surface area (Å²) in [5.41, 5.74) is 4.23. The van der Waals surface area contributed by atoms with Gasteiger partial charge in [0.15, 0.2) is 17.1 Å². The van der Waals surface area contributed by atoms with Gasteiger partial charge in [0, 0.05) is 46.4 Å². The number of phenols is 1. The number of rotatable bonds is 5. The Morgan fingerprint density at radius 3 is 2.33 bits per heavy atom. The Balaban J connectivity index is 1.20. The number of imide groups is 1. The number of oxazole rings is 1. The number of hydrogen-bond donors (Lipinski definition) is 1. The molecule has 4 aromatic rings. The van der Waals surface area contributed by atoms with Gasteiger partial charge in [0.1, 0.15) is 22.8 Å². The summed E-state index contributed by atoms with van der Waals surface area (Å²) in [5.74, 6) is -3.35. The number of anilines is 1. The van der Waals surface area contributed by atoms with E-state index in [1.54, 1.807) is 24.3 Å². The van der Waals surface area contributed by atoms with Gasteiger partial charge in [-0.3, -0.25) is 24.1 Å². The van der Waals surface area contributed by atoms with Crippen molar-refractivity contribution < 1.29 is 38.2 Å². The molecule has 3 aliphatic carbocycles. The summed E-state index contributed by atoms with van der Waals surface area (Å²) < 4.78 is 17.4. The second-order valence-corrected chi connectivity index (χ2v) is 13.1. The molecule has 1 aliphatic heterocycles. The van der Waals surface area contributed by atoms with Crippen molar-refractivity contribution in [2.45, 2.75) is 18.8 Å². The van der Waals surface area contributed by atoms with Crippen LogP contribution in [0.3, 0.4) is 0 Å². The highest BCUT2D eigenvalue weighted by molar-refractivity contribution is 9.12. The van der Waals surface area contributed by atoms with Crippen LogP contribution in [0, 0.1) is 17.8 Å². The minimum absolute atomic E-state index is 0.102. The summed E-state index contributed by atoms with van der Waals surface area (Å²) in [6.07, 6.45) is 3.55. The lowest BCUT2D eigenvalue weighted by Gasteiger charge is -2.42. The van der Waals surface area contributed by atoms with Crippen molar-refractivity contribution in [3.8, 4) is 28.7 Å². The van der Waals surface area contributed by atoms with E-state index in [0.717, 1.165) is 11.1 Å². The van der Waals surface area contributed by atoms with Crippen molar-refractivity contribution in [2.24, 2.45) is 17.8 Å². The lowest BCUT2D eigenvalue weighted by atomic mass is 9.59. The summed E-state index contributed by atoms with van der Waals surface area (Å²) in [6.45, 7) is 0. The number of ketones is 2. The number of aromatic nitrogens is 1. The Hall–Kier alpha value is -5.29. The van der Waals surface area contributed by atoms with Crippen LogP contribution in [0.2, 0.25) is 0 Å². The Kier molecular flexibility index (Phi) is 6.99. The fraction of sp³-hybridized carbons (Fsp3) is 0.216. The number of aromatic hydroxyl groups is 1. The topological polar surface area (TPSA) is 136 Å². The molecular formula is C37H27BrN2O8. The molecule has 240 valence electrons. The van der Waals surface area contributed by atoms with E-state index in [-0.39, 0.29) is 69.1 Å². The molecule has 0 unspecified atom stereocenters. The monoisotopic (exact) mass is 706 g/mol. The van der Waals surface area contributed by atoms with Gasteiger partial charge in [-0.15, -0.1) is 0 Å². The molecule has 1 aromatic heterocycles. The molecule has 4 atom stereocenters. The van der Waals surface area contributed by atoms with Gasteiger partial charge in [-0.05, 0) is 71.1 Å². The molecule has 1 saturated heterocycles. The lowest BCUT2D eigenvalue weighted by molar-refractivity contribution is -0.123. The highest BCUT2D eigenvalue weighted by Crippen LogP contribution is 2.58. The smallest absolute Gasteiger partial charge is 0.238 e. The summed E-state index contributed by atoms with van der Waals surface area (Å²) in [7, 11) is 2.88. The molecule has 1 N–H and O–H groups in total. The normalized spacial score (nSPS) is 23.5. The number of halogens is 1. The number of para-hydroxylation sites is 2. The molecule has 0 bridgehead atoms. The fourth-order valence-corrected chi connectivity index (χ4v) is 8.20. The maximum atomic E-state index is 14.4. The first-order chi connectivity index (χ1) is 23.2. The summed E-state index contributed by atoms with van der Waals surface area (Å²) in [6, 6.07) is 17.2. The number of methoxy groups -OCH3 is 2. The SMILES string of the molecule is COc1cc(O)cc(OC)c1[C@H]1C2=CC[C@@H]3C(=O)N(c4ccc(-c5nc6ccccc6o5)cc4)C(=O)[C@@H]3[C@@H]2CC2=C1C(=O)C=C(Br)C2=O. The van der Waals surface area contributed by atoms with E-state index in [2.05, 4.69) is 20.9 Å². The first-order valence-electron chi connectivity index (χ1n) is 15.4. The van der Waals surface area contributed by atoms with Crippen molar-refractivity contribution in [2.75, 3.05) is 19.1 Å². The van der Waals surface area contributed by atoms with Crippen LogP contribution in [0.5, 0.6) is 17.2 Å². The van der Waals surface area contributed by atoms with Gasteiger partial charge < -0.3 is 19.0 Å². The average Bonchev–Trinajstić information content (AvgIpc) is 3.64. The zero-order valence-corrected chi connectivity index (χ0v) is 27.3. The van der Waals surface area contributed by atoms with Crippen LogP contribution >= 0.6 is 15.9 Å². The molecule has 0 radical (unpaired) electrons. The molecule has 10 nitrogen and oxygen atoms in total. The Bertz CT molecular complexity index is 2140. The number of fused-ring (bicyclic) bond motifs is 4. The predicted molar refractivity (Wildman–Crippen MR) is 178 cm³/mol. The number of carbonyl (C=O) groups is 4. The van der Waals surface area contributed by atoms with E-state index in [4.69, 9.17) is 13.9 Å². The van der Waals surface area contributed by atoms with E-state index in [9.17, 15) is 24.3 Å². The molecule has 0 spiro atoms. The van der Waals surface area contributed by atoms with Crippen molar-refractivity contribution in [1.82, 2.24) is 4.98 Å². The van der Waals surface area contributed by atoms with Crippen LogP contribution in [0.1, 0.15) is 24.3 Å². The Morgan fingerprint density at radius 1 is 0.938 bits per heavy atom. The van der Waals surface area contributed by atoms with Crippen LogP contribution < -0.4 is 14.4 Å². The number of nitrogens with zero attached hydrogens (tertiary/aromatic N) is 2. The lowest BCUT2D eigenvalue weighted by Crippen LogP contribution is -2.39. The number of benzene rings is 3. The van der Waals surface area contributed by atoms with Gasteiger partial charge in [-0.1, -0.05) is 23.8 Å². The third-order valence-electron chi connectivity index (χ3n) is 9.81. The molecule has 2 amide bonds. The zero-order valence-electron chi connectivity index (χ0n) is 25.7. The first-order valence-corrected chi connectivity index (χ1v) is 16.2. The Morgan fingerprint density at radius 2 is 1.65 bits per heavy atom. The number of Topliss-reactive ketones (excluding diaryl/α,β-unsaturated/α-hetero) is 1. The third-order valence-corrected chi connectivity index (χ3v) is 10.4. The highest BCUT2D eigenvalue weighted by Gasteiger charge is 2.57. The molecule has 3 aromatic carbocycles. The number of carbonyl (C=O) groups excluding carboxylic acids is 4. The quantitative estimate of drug-likeness (QED) is 0.146. The molecule has 4 aliphatic rings. The molecular weight excluding hydrogens is 680 g/mol. The third kappa shape index (κ3) is 4.41. The maximum absolute atomic E-state index is 14.4. The molecule has 2 heterocycles. The van der Waals surface area contributed by atoms with Crippen molar-refractivity contribution in [3.05, 3.63) is 99.6 Å². The number of ether oxygens (including phenoxy) is 2. The average molecular weight is 708 g/mol. The van der Waals surface area contributed by atoms with Gasteiger partial charge in [-0.2, -0.15) is 0 Å². The van der Waals surface area contributed by atoms with Crippen molar-refractivity contribution in [3.63, 3.8) is 0 Å². The minimum atomic E-state index is -0.814. The fourth-order valence-electron chi connectivity index (χ4n) is 7.75. The number of phenolic OH excluding ortho intramolecular Hbond substituents is 1. The van der Waals surface area contributed by atoms with Crippen LogP contribution in [0.25, 0.3) is 22.6 Å². The van der Waals surface area contributed by atoms with Crippen LogP contribution in [-0.4, -0.2) is 47.7 Å². The van der Waals surface area contributed by atoms with Crippen LogP contribution in [-0.2, 0) is 19.2 Å². The van der Waals surface area contributed by atoms with Crippen molar-refractivity contribution in [1.29, 1.82) is 0 Å². The summed E-state index contributed by atoms with van der Waals surface area (Å²) >= 11 is 3.26. The standard InChI is InChI=1S/C37H27BrN2O8/c1-46-28-13-19(41)14-29(47-2)33(28)32-20-11-12-21-30(22(20)15-23-31(32)26(42)16-24(38)34(23)43)37(45)40(36(21)44)18-9-7-17(8-10-18)35-39-25-5-3-4-6-27(25)48-35/h3-11,13-14,16,21-22,30,32,41H,12,15H2,1-2H3/t21-,22+,30-,32-/m0/s1. The first kappa shape index (κ1) is 30.1. The van der Waals surface area contributed by atoms with Crippen LogP contribution in [0.4, 0.5) is 5.69 Å². The second-order valence-electron chi connectivity index (χ2n) is 12.2. The van der Waals surface area contributed by atoms with Gasteiger partial charge in [-0.25, -0.2) is 4.98 Å². The van der Waals surface area contributed by atoms with E-state index in [0.29, 0.717) is 28.3 Å². The van der Waals surface area contributed by atoms with E-state index in [1.807, 2.05) is 30.3 Å². The second kappa shape index (κ2) is 11.2. The molecule has 8 rings (SSSR count). The molecule has 48 heavy (non-hydrogen) atoms. The van der Waals surface area contributed by atoms with E-state index >= 15 is 0 Å². The summed E-state index contributed by atoms with van der Waals surface area (Å²) in [5, 5.41) is 10.4. The molecule has 1 fully saturated rings. The number of amides is 2. The largest absolute Gasteiger partial charge is 0.508 e. The Labute approximate surface area is 282 Å². The highest BCUT2D eigenvalue weighted by atomic mass is 79.9. The van der Waals surface area contributed by atoms with E-state index in [1.165, 1.54) is 37.3 Å². The van der Waals surface area contributed by atoms with Gasteiger partial charge in [0.2, 0.25) is 17.7 Å². The van der Waals surface area contributed by atoms with Gasteiger partial charge in [0.05, 0.1) is 36.2 Å². The zero-order chi connectivity index (χ0) is 33.4. The number of allylic oxidation sites excluding steroid dienone is 6. The van der Waals surface area contributed by atoms with Crippen molar-refractivity contribution >= 4 is 56.1 Å². The predicted octanol–water partition coefficient (Wildman–Crippen LogP) is 6.18. The van der Waals surface area contributed by atoms with Gasteiger partial charge in [0.25, 0.3) is 0 Å². The van der Waals surface area contributed by atoms with Gasteiger partial charge >= 0.3 is 0 Å². The van der Waals surface area contributed by atoms with Crippen LogP contribution in [0.15, 0.2) is 98.4 Å². The van der Waals surface area contributed by atoms with E-state index < -0.39 is 23.7 Å². The molecule has 11 heteroatoms. The summed E-state index contributed by atoms with van der Waals surface area (Å²) in [4.78, 5) is 61.4. The maximum Gasteiger partial charge on any atom is 0.238 e.